The first kappa shape index (κ1) is 14.9. The molecule has 0 aliphatic rings. The summed E-state index contributed by atoms with van der Waals surface area (Å²) >= 11 is 6.01. The van der Waals surface area contributed by atoms with Gasteiger partial charge in [-0.2, -0.15) is 5.10 Å². The maximum absolute atomic E-state index is 6.35. The fourth-order valence-corrected chi connectivity index (χ4v) is 2.50. The second kappa shape index (κ2) is 6.29. The van der Waals surface area contributed by atoms with Crippen LogP contribution in [0.1, 0.15) is 37.2 Å². The van der Waals surface area contributed by atoms with Gasteiger partial charge >= 0.3 is 0 Å². The Labute approximate surface area is 124 Å². The van der Waals surface area contributed by atoms with Gasteiger partial charge in [0.1, 0.15) is 0 Å². The van der Waals surface area contributed by atoms with Crippen LogP contribution < -0.4 is 10.5 Å². The number of nitrogens with zero attached hydrogens (tertiary/aromatic N) is 2. The molecule has 1 unspecified atom stereocenters. The summed E-state index contributed by atoms with van der Waals surface area (Å²) in [7, 11) is 1.64. The number of rotatable bonds is 5. The highest BCUT2D eigenvalue weighted by Gasteiger charge is 2.20. The number of benzene rings is 1. The van der Waals surface area contributed by atoms with Gasteiger partial charge in [-0.15, -0.1) is 0 Å². The molecular formula is C15H20ClN3O. The lowest BCUT2D eigenvalue weighted by molar-refractivity contribution is 0.396. The predicted molar refractivity (Wildman–Crippen MR) is 81.2 cm³/mol. The molecule has 0 saturated carbocycles. The number of nitrogens with two attached hydrogens (primary N) is 1. The van der Waals surface area contributed by atoms with Gasteiger partial charge in [0, 0.05) is 11.1 Å². The Morgan fingerprint density at radius 1 is 1.40 bits per heavy atom. The van der Waals surface area contributed by atoms with Crippen molar-refractivity contribution in [2.75, 3.05) is 7.11 Å². The third-order valence-electron chi connectivity index (χ3n) is 3.20. The Bertz CT molecular complexity index is 580. The van der Waals surface area contributed by atoms with Crippen LogP contribution in [-0.4, -0.2) is 16.9 Å². The Hall–Kier alpha value is -1.52. The van der Waals surface area contributed by atoms with E-state index >= 15 is 0 Å². The van der Waals surface area contributed by atoms with Gasteiger partial charge in [-0.3, -0.25) is 4.68 Å². The first-order valence-corrected chi connectivity index (χ1v) is 7.02. The molecule has 0 aliphatic carbocycles. The van der Waals surface area contributed by atoms with E-state index in [-0.39, 0.29) is 12.1 Å². The molecule has 0 fully saturated rings. The molecule has 1 aromatic carbocycles. The van der Waals surface area contributed by atoms with Crippen molar-refractivity contribution in [3.63, 3.8) is 0 Å². The van der Waals surface area contributed by atoms with Crippen LogP contribution in [0, 0.1) is 0 Å². The molecule has 0 aliphatic heterocycles. The van der Waals surface area contributed by atoms with Crippen LogP contribution in [0.5, 0.6) is 5.75 Å². The highest BCUT2D eigenvalue weighted by molar-refractivity contribution is 6.30. The van der Waals surface area contributed by atoms with Crippen molar-refractivity contribution in [2.24, 2.45) is 5.73 Å². The van der Waals surface area contributed by atoms with Crippen molar-refractivity contribution < 1.29 is 4.74 Å². The van der Waals surface area contributed by atoms with Gasteiger partial charge in [-0.1, -0.05) is 23.7 Å². The minimum Gasteiger partial charge on any atom is -0.493 e. The first-order valence-electron chi connectivity index (χ1n) is 6.64. The lowest BCUT2D eigenvalue weighted by Gasteiger charge is -2.18. The smallest absolute Gasteiger partial charge is 0.161 e. The maximum atomic E-state index is 6.35. The summed E-state index contributed by atoms with van der Waals surface area (Å²) in [6.45, 7) is 4.14. The van der Waals surface area contributed by atoms with E-state index < -0.39 is 0 Å². The molecule has 108 valence electrons. The van der Waals surface area contributed by atoms with E-state index in [1.54, 1.807) is 13.3 Å². The minimum absolute atomic E-state index is 0.187. The summed E-state index contributed by atoms with van der Waals surface area (Å²) in [4.78, 5) is 0. The van der Waals surface area contributed by atoms with Gasteiger partial charge in [-0.05, 0) is 38.0 Å². The standard InChI is InChI=1S/C15H20ClN3O/c1-10(2)19-15(14(20-3)9-18-19)13(17)8-11-5-4-6-12(16)7-11/h4-7,9-10,13H,8,17H2,1-3H3. The molecule has 2 rings (SSSR count). The number of hydrogen-bond acceptors (Lipinski definition) is 3. The zero-order valence-corrected chi connectivity index (χ0v) is 12.8. The van der Waals surface area contributed by atoms with E-state index in [0.29, 0.717) is 6.42 Å². The second-order valence-corrected chi connectivity index (χ2v) is 5.51. The lowest BCUT2D eigenvalue weighted by atomic mass is 10.0. The summed E-state index contributed by atoms with van der Waals surface area (Å²) in [5.74, 6) is 0.730. The molecule has 1 heterocycles. The van der Waals surface area contributed by atoms with E-state index in [9.17, 15) is 0 Å². The van der Waals surface area contributed by atoms with Crippen molar-refractivity contribution in [1.29, 1.82) is 0 Å². The summed E-state index contributed by atoms with van der Waals surface area (Å²) in [6, 6.07) is 7.79. The maximum Gasteiger partial charge on any atom is 0.161 e. The highest BCUT2D eigenvalue weighted by Crippen LogP contribution is 2.28. The molecule has 0 spiro atoms. The number of methoxy groups -OCH3 is 1. The normalized spacial score (nSPS) is 12.7. The van der Waals surface area contributed by atoms with Gasteiger partial charge in [0.25, 0.3) is 0 Å². The molecule has 2 N–H and O–H groups in total. The van der Waals surface area contributed by atoms with Gasteiger partial charge in [0.15, 0.2) is 5.75 Å². The molecule has 2 aromatic rings. The van der Waals surface area contributed by atoms with Crippen LogP contribution in [0.4, 0.5) is 0 Å². The monoisotopic (exact) mass is 293 g/mol. The van der Waals surface area contributed by atoms with Gasteiger partial charge in [0.2, 0.25) is 0 Å². The average Bonchev–Trinajstić information content (AvgIpc) is 2.82. The second-order valence-electron chi connectivity index (χ2n) is 5.08. The largest absolute Gasteiger partial charge is 0.493 e. The number of hydrogen-bond donors (Lipinski definition) is 1. The number of halogens is 1. The first-order chi connectivity index (χ1) is 9.52. The van der Waals surface area contributed by atoms with E-state index in [2.05, 4.69) is 18.9 Å². The molecule has 5 heteroatoms. The Kier molecular flexibility index (Phi) is 4.68. The molecule has 0 bridgehead atoms. The Morgan fingerprint density at radius 3 is 2.75 bits per heavy atom. The highest BCUT2D eigenvalue weighted by atomic mass is 35.5. The van der Waals surface area contributed by atoms with Crippen molar-refractivity contribution in [1.82, 2.24) is 9.78 Å². The molecular weight excluding hydrogens is 274 g/mol. The summed E-state index contributed by atoms with van der Waals surface area (Å²) < 4.78 is 7.28. The molecule has 0 saturated heterocycles. The molecule has 1 atom stereocenters. The van der Waals surface area contributed by atoms with Gasteiger partial charge in [0.05, 0.1) is 25.0 Å². The quantitative estimate of drug-likeness (QED) is 0.919. The van der Waals surface area contributed by atoms with E-state index in [1.807, 2.05) is 28.9 Å². The predicted octanol–water partition coefficient (Wildman–Crippen LogP) is 3.37. The molecule has 20 heavy (non-hydrogen) atoms. The molecule has 4 nitrogen and oxygen atoms in total. The van der Waals surface area contributed by atoms with Crippen LogP contribution >= 0.6 is 11.6 Å². The third-order valence-corrected chi connectivity index (χ3v) is 3.44. The van der Waals surface area contributed by atoms with Crippen LogP contribution in [0.2, 0.25) is 5.02 Å². The van der Waals surface area contributed by atoms with E-state index in [1.165, 1.54) is 0 Å². The Balaban J connectivity index is 2.28. The van der Waals surface area contributed by atoms with Crippen molar-refractivity contribution in [3.8, 4) is 5.75 Å². The molecule has 1 aromatic heterocycles. The van der Waals surface area contributed by atoms with Crippen LogP contribution in [0.25, 0.3) is 0 Å². The topological polar surface area (TPSA) is 53.1 Å². The van der Waals surface area contributed by atoms with Gasteiger partial charge < -0.3 is 10.5 Å². The van der Waals surface area contributed by atoms with Crippen molar-refractivity contribution in [2.45, 2.75) is 32.4 Å². The molecule has 0 amide bonds. The zero-order valence-electron chi connectivity index (χ0n) is 12.0. The van der Waals surface area contributed by atoms with Crippen molar-refractivity contribution >= 4 is 11.6 Å². The number of ether oxygens (including phenoxy) is 1. The number of aromatic nitrogens is 2. The third kappa shape index (κ3) is 3.14. The molecule has 0 radical (unpaired) electrons. The Morgan fingerprint density at radius 2 is 2.15 bits per heavy atom. The summed E-state index contributed by atoms with van der Waals surface area (Å²) in [5, 5.41) is 5.07. The van der Waals surface area contributed by atoms with Crippen LogP contribution in [-0.2, 0) is 6.42 Å². The van der Waals surface area contributed by atoms with Crippen molar-refractivity contribution in [3.05, 3.63) is 46.7 Å². The zero-order chi connectivity index (χ0) is 14.7. The minimum atomic E-state index is -0.187. The average molecular weight is 294 g/mol. The summed E-state index contributed by atoms with van der Waals surface area (Å²) in [6.07, 6.45) is 2.41. The van der Waals surface area contributed by atoms with Gasteiger partial charge in [-0.25, -0.2) is 0 Å². The van der Waals surface area contributed by atoms with Crippen LogP contribution in [0.3, 0.4) is 0 Å². The SMILES string of the molecule is COc1cnn(C(C)C)c1C(N)Cc1cccc(Cl)c1. The lowest BCUT2D eigenvalue weighted by Crippen LogP contribution is -2.20. The fraction of sp³-hybridized carbons (Fsp3) is 0.400. The van der Waals surface area contributed by atoms with E-state index in [0.717, 1.165) is 22.0 Å². The fourth-order valence-electron chi connectivity index (χ4n) is 2.29. The summed E-state index contributed by atoms with van der Waals surface area (Å²) in [5.41, 5.74) is 8.37. The van der Waals surface area contributed by atoms with Crippen LogP contribution in [0.15, 0.2) is 30.5 Å². The van der Waals surface area contributed by atoms with E-state index in [4.69, 9.17) is 22.1 Å².